The van der Waals surface area contributed by atoms with Crippen LogP contribution in [0.25, 0.3) is 22.5 Å². The predicted molar refractivity (Wildman–Crippen MR) is 153 cm³/mol. The number of hydrogen-bond donors (Lipinski definition) is 1. The lowest BCUT2D eigenvalue weighted by Crippen LogP contribution is -2.29. The van der Waals surface area contributed by atoms with E-state index in [1.165, 1.54) is 0 Å². The fraction of sp³-hybridized carbons (Fsp3) is 0.414. The number of rotatable bonds is 13. The molecule has 0 bridgehead atoms. The Labute approximate surface area is 212 Å². The lowest BCUT2D eigenvalue weighted by Gasteiger charge is -2.22. The van der Waals surface area contributed by atoms with Crippen molar-refractivity contribution in [1.29, 1.82) is 0 Å². The van der Waals surface area contributed by atoms with Crippen LogP contribution in [0.1, 0.15) is 38.3 Å². The second kappa shape index (κ2) is 14.2. The van der Waals surface area contributed by atoms with Gasteiger partial charge in [-0.05, 0) is 50.1 Å². The van der Waals surface area contributed by atoms with Crippen molar-refractivity contribution in [1.82, 2.24) is 19.8 Å². The highest BCUT2D eigenvalue weighted by molar-refractivity contribution is 6.11. The van der Waals surface area contributed by atoms with Gasteiger partial charge in [0, 0.05) is 69.5 Å². The van der Waals surface area contributed by atoms with Gasteiger partial charge in [-0.25, -0.2) is 9.97 Å². The maximum atomic E-state index is 4.97. The normalized spacial score (nSPS) is 13.4. The summed E-state index contributed by atoms with van der Waals surface area (Å²) in [5.74, 6) is 1.98. The number of nitrogens with zero attached hydrogens (tertiary/aromatic N) is 5. The number of hydrogen-bond acceptors (Lipinski definition) is 6. The first-order valence-corrected chi connectivity index (χ1v) is 12.3. The van der Waals surface area contributed by atoms with Crippen molar-refractivity contribution in [2.75, 3.05) is 53.1 Å². The molecule has 0 aliphatic carbocycles. The minimum Gasteiger partial charge on any atom is -0.383 e. The molecule has 0 amide bonds. The van der Waals surface area contributed by atoms with Gasteiger partial charge in [-0.15, -0.1) is 0 Å². The second-order valence-corrected chi connectivity index (χ2v) is 9.17. The Morgan fingerprint density at radius 3 is 2.63 bits per heavy atom. The van der Waals surface area contributed by atoms with E-state index in [-0.39, 0.29) is 0 Å². The lowest BCUT2D eigenvalue weighted by atomic mass is 10.0. The summed E-state index contributed by atoms with van der Waals surface area (Å²) in [6.07, 6.45) is 10.9. The Balaban J connectivity index is 2.43. The molecule has 2 aromatic rings. The van der Waals surface area contributed by atoms with Crippen LogP contribution in [-0.4, -0.2) is 73.8 Å². The topological polar surface area (TPSA) is 56.7 Å². The van der Waals surface area contributed by atoms with Crippen LogP contribution in [0.3, 0.4) is 0 Å². The summed E-state index contributed by atoms with van der Waals surface area (Å²) in [7, 11) is 7.97. The standard InChI is InChI=1S/C29H42N6/c1-9-15-35(8)20-22(4)17-31-29-27(23(10-2)18-30-5)19-32-28(33-29)26-14-12-13-25(16-26)24(11-3)21-34(6)7/h10-14,16,18-19,21-22H,3,9,15,17,20H2,1-2,4-8H3,(H,31,32,33)/b23-10+,24-21+,30-18?. The van der Waals surface area contributed by atoms with Gasteiger partial charge in [0.1, 0.15) is 5.82 Å². The summed E-state index contributed by atoms with van der Waals surface area (Å²) in [6, 6.07) is 8.28. The smallest absolute Gasteiger partial charge is 0.161 e. The van der Waals surface area contributed by atoms with Gasteiger partial charge in [0.05, 0.1) is 0 Å². The Morgan fingerprint density at radius 2 is 2.00 bits per heavy atom. The van der Waals surface area contributed by atoms with Gasteiger partial charge in [0.15, 0.2) is 5.82 Å². The van der Waals surface area contributed by atoms with Gasteiger partial charge in [-0.2, -0.15) is 0 Å². The summed E-state index contributed by atoms with van der Waals surface area (Å²) in [4.78, 5) is 18.3. The highest BCUT2D eigenvalue weighted by Gasteiger charge is 2.14. The molecule has 0 saturated heterocycles. The van der Waals surface area contributed by atoms with E-state index in [0.29, 0.717) is 11.7 Å². The Bertz CT molecular complexity index is 1050. The molecular weight excluding hydrogens is 432 g/mol. The van der Waals surface area contributed by atoms with E-state index >= 15 is 0 Å². The maximum absolute atomic E-state index is 4.97. The Kier molecular flexibility index (Phi) is 11.4. The van der Waals surface area contributed by atoms with E-state index in [1.54, 1.807) is 7.05 Å². The van der Waals surface area contributed by atoms with Crippen LogP contribution in [0.4, 0.5) is 5.82 Å². The summed E-state index contributed by atoms with van der Waals surface area (Å²) in [5.41, 5.74) is 5.03. The molecule has 35 heavy (non-hydrogen) atoms. The summed E-state index contributed by atoms with van der Waals surface area (Å²) < 4.78 is 0. The van der Waals surface area contributed by atoms with E-state index in [0.717, 1.165) is 59.7 Å². The van der Waals surface area contributed by atoms with Crippen molar-refractivity contribution in [3.8, 4) is 11.4 Å². The largest absolute Gasteiger partial charge is 0.383 e. The average Bonchev–Trinajstić information content (AvgIpc) is 2.84. The molecule has 1 N–H and O–H groups in total. The number of allylic oxidation sites excluding steroid dienone is 4. The highest BCUT2D eigenvalue weighted by atomic mass is 15.1. The van der Waals surface area contributed by atoms with Gasteiger partial charge >= 0.3 is 0 Å². The number of anilines is 1. The molecule has 188 valence electrons. The number of nitrogens with one attached hydrogen (secondary N) is 1. The Morgan fingerprint density at radius 1 is 1.23 bits per heavy atom. The number of aromatic nitrogens is 2. The zero-order chi connectivity index (χ0) is 25.8. The van der Waals surface area contributed by atoms with E-state index < -0.39 is 0 Å². The van der Waals surface area contributed by atoms with Crippen molar-refractivity contribution in [2.45, 2.75) is 27.2 Å². The molecule has 0 radical (unpaired) electrons. The molecular formula is C29H42N6. The third-order valence-corrected chi connectivity index (χ3v) is 5.60. The number of benzene rings is 1. The first kappa shape index (κ1) is 28.0. The Hall–Kier alpha value is -3.25. The van der Waals surface area contributed by atoms with Crippen molar-refractivity contribution in [3.05, 3.63) is 66.5 Å². The van der Waals surface area contributed by atoms with Gasteiger partial charge in [0.2, 0.25) is 0 Å². The van der Waals surface area contributed by atoms with Crippen LogP contribution >= 0.6 is 0 Å². The average molecular weight is 475 g/mol. The molecule has 2 rings (SSSR count). The monoisotopic (exact) mass is 474 g/mol. The van der Waals surface area contributed by atoms with Crippen LogP contribution < -0.4 is 5.32 Å². The molecule has 0 saturated carbocycles. The van der Waals surface area contributed by atoms with Crippen molar-refractivity contribution < 1.29 is 0 Å². The zero-order valence-electron chi connectivity index (χ0n) is 22.5. The molecule has 1 atom stereocenters. The summed E-state index contributed by atoms with van der Waals surface area (Å²) in [5, 5.41) is 3.60. The van der Waals surface area contributed by atoms with Crippen LogP contribution in [-0.2, 0) is 0 Å². The van der Waals surface area contributed by atoms with Gasteiger partial charge in [0.25, 0.3) is 0 Å². The predicted octanol–water partition coefficient (Wildman–Crippen LogP) is 5.73. The molecule has 1 aromatic heterocycles. The molecule has 1 aromatic carbocycles. The first-order valence-electron chi connectivity index (χ1n) is 12.3. The van der Waals surface area contributed by atoms with Crippen LogP contribution in [0.2, 0.25) is 0 Å². The van der Waals surface area contributed by atoms with Gasteiger partial charge in [-0.3, -0.25) is 4.99 Å². The molecule has 0 fully saturated rings. The third-order valence-electron chi connectivity index (χ3n) is 5.60. The summed E-state index contributed by atoms with van der Waals surface area (Å²) in [6.45, 7) is 13.4. The zero-order valence-corrected chi connectivity index (χ0v) is 22.5. The quantitative estimate of drug-likeness (QED) is 0.297. The van der Waals surface area contributed by atoms with E-state index in [2.05, 4.69) is 61.0 Å². The minimum absolute atomic E-state index is 0.473. The maximum Gasteiger partial charge on any atom is 0.161 e. The molecule has 0 aliphatic rings. The summed E-state index contributed by atoms with van der Waals surface area (Å²) >= 11 is 0. The third kappa shape index (κ3) is 8.48. The first-order chi connectivity index (χ1) is 16.8. The molecule has 6 nitrogen and oxygen atoms in total. The minimum atomic E-state index is 0.473. The van der Waals surface area contributed by atoms with Crippen molar-refractivity contribution in [2.24, 2.45) is 10.9 Å². The fourth-order valence-corrected chi connectivity index (χ4v) is 4.01. The van der Waals surface area contributed by atoms with E-state index in [1.807, 2.05) is 62.6 Å². The van der Waals surface area contributed by atoms with Crippen LogP contribution in [0, 0.1) is 5.92 Å². The van der Waals surface area contributed by atoms with E-state index in [4.69, 9.17) is 9.97 Å². The highest BCUT2D eigenvalue weighted by Crippen LogP contribution is 2.27. The molecule has 6 heteroatoms. The van der Waals surface area contributed by atoms with E-state index in [9.17, 15) is 0 Å². The van der Waals surface area contributed by atoms with Crippen LogP contribution in [0.5, 0.6) is 0 Å². The molecule has 1 heterocycles. The lowest BCUT2D eigenvalue weighted by molar-refractivity contribution is 0.292. The molecule has 0 aliphatic heterocycles. The van der Waals surface area contributed by atoms with Crippen molar-refractivity contribution >= 4 is 23.2 Å². The second-order valence-electron chi connectivity index (χ2n) is 9.17. The van der Waals surface area contributed by atoms with Crippen LogP contribution in [0.15, 0.2) is 60.4 Å². The SMILES string of the molecule is C=C/C(=C\N(C)C)c1cccc(-c2ncc(/C(C=NC)=C/C)c(NCC(C)CN(C)CCC)n2)c1. The molecule has 1 unspecified atom stereocenters. The molecule has 0 spiro atoms. The number of aliphatic imine (C=N–C) groups is 1. The fourth-order valence-electron chi connectivity index (χ4n) is 4.01. The van der Waals surface area contributed by atoms with Crippen molar-refractivity contribution in [3.63, 3.8) is 0 Å². The van der Waals surface area contributed by atoms with Gasteiger partial charge < -0.3 is 15.1 Å². The van der Waals surface area contributed by atoms with Gasteiger partial charge in [-0.1, -0.05) is 50.8 Å².